The molecule has 1 aromatic heterocycles. The maximum atomic E-state index is 11.9. The first kappa shape index (κ1) is 14.9. The number of carbonyl (C=O) groups is 1. The van der Waals surface area contributed by atoms with E-state index in [4.69, 9.17) is 4.52 Å². The van der Waals surface area contributed by atoms with E-state index in [-0.39, 0.29) is 0 Å². The van der Waals surface area contributed by atoms with Gasteiger partial charge in [0.05, 0.1) is 10.9 Å². The SMILES string of the molecule is Cc1cc(CS[C@@H](C)C(=O)NCC(F)(F)F)no1. The summed E-state index contributed by atoms with van der Waals surface area (Å²) >= 11 is 1.20. The lowest BCUT2D eigenvalue weighted by Gasteiger charge is -2.12. The number of hydrogen-bond donors (Lipinski definition) is 1. The minimum Gasteiger partial charge on any atom is -0.361 e. The zero-order valence-electron chi connectivity index (χ0n) is 9.87. The quantitative estimate of drug-likeness (QED) is 0.900. The van der Waals surface area contributed by atoms with Gasteiger partial charge in [-0.1, -0.05) is 5.16 Å². The first-order valence-corrected chi connectivity index (χ1v) is 6.21. The molecular weight excluding hydrogens is 269 g/mol. The molecule has 1 aromatic rings. The number of carbonyl (C=O) groups excluding carboxylic acids is 1. The highest BCUT2D eigenvalue weighted by atomic mass is 32.2. The van der Waals surface area contributed by atoms with Crippen molar-refractivity contribution in [1.29, 1.82) is 0 Å². The van der Waals surface area contributed by atoms with E-state index in [2.05, 4.69) is 5.16 Å². The zero-order valence-corrected chi connectivity index (χ0v) is 10.7. The van der Waals surface area contributed by atoms with E-state index in [9.17, 15) is 18.0 Å². The maximum absolute atomic E-state index is 11.9. The monoisotopic (exact) mass is 282 g/mol. The number of hydrogen-bond acceptors (Lipinski definition) is 4. The van der Waals surface area contributed by atoms with Gasteiger partial charge in [0.15, 0.2) is 0 Å². The van der Waals surface area contributed by atoms with E-state index < -0.39 is 23.9 Å². The standard InChI is InChI=1S/C10H13F3N2O2S/c1-6-3-8(15-17-6)4-18-7(2)9(16)14-5-10(11,12)13/h3,7H,4-5H2,1-2H3,(H,14,16)/t7-/m0/s1. The van der Waals surface area contributed by atoms with Gasteiger partial charge in [0.2, 0.25) is 5.91 Å². The van der Waals surface area contributed by atoms with E-state index in [1.165, 1.54) is 11.8 Å². The fourth-order valence-electron chi connectivity index (χ4n) is 1.10. The van der Waals surface area contributed by atoms with Crippen LogP contribution in [0.1, 0.15) is 18.4 Å². The molecule has 0 aliphatic heterocycles. The number of alkyl halides is 3. The highest BCUT2D eigenvalue weighted by Gasteiger charge is 2.28. The predicted octanol–water partition coefficient (Wildman–Crippen LogP) is 2.28. The van der Waals surface area contributed by atoms with Crippen LogP contribution in [0.3, 0.4) is 0 Å². The number of thioether (sulfide) groups is 1. The van der Waals surface area contributed by atoms with Crippen LogP contribution in [0.2, 0.25) is 0 Å². The summed E-state index contributed by atoms with van der Waals surface area (Å²) in [4.78, 5) is 11.3. The van der Waals surface area contributed by atoms with E-state index in [1.807, 2.05) is 5.32 Å². The summed E-state index contributed by atoms with van der Waals surface area (Å²) in [6.07, 6.45) is -4.39. The molecule has 0 spiro atoms. The van der Waals surface area contributed by atoms with Crippen LogP contribution in [0.25, 0.3) is 0 Å². The Labute approximate surface area is 106 Å². The third-order valence-corrected chi connectivity index (χ3v) is 3.17. The molecule has 0 bridgehead atoms. The largest absolute Gasteiger partial charge is 0.405 e. The first-order chi connectivity index (χ1) is 8.28. The fourth-order valence-corrected chi connectivity index (χ4v) is 1.89. The van der Waals surface area contributed by atoms with Crippen LogP contribution >= 0.6 is 11.8 Å². The molecule has 0 aromatic carbocycles. The average molecular weight is 282 g/mol. The molecule has 1 rings (SSSR count). The molecule has 0 unspecified atom stereocenters. The molecular formula is C10H13F3N2O2S. The summed E-state index contributed by atoms with van der Waals surface area (Å²) in [6, 6.07) is 1.72. The summed E-state index contributed by atoms with van der Waals surface area (Å²) < 4.78 is 40.5. The number of rotatable bonds is 5. The second-order valence-corrected chi connectivity index (χ2v) is 5.04. The summed E-state index contributed by atoms with van der Waals surface area (Å²) in [5.74, 6) is 0.426. The average Bonchev–Trinajstić information content (AvgIpc) is 2.67. The molecule has 0 aliphatic rings. The molecule has 0 saturated heterocycles. The van der Waals surface area contributed by atoms with Crippen LogP contribution in [0.15, 0.2) is 10.6 Å². The Balaban J connectivity index is 2.32. The first-order valence-electron chi connectivity index (χ1n) is 5.16. The summed E-state index contributed by atoms with van der Waals surface area (Å²) in [6.45, 7) is 1.98. The van der Waals surface area contributed by atoms with Gasteiger partial charge in [-0.05, 0) is 13.8 Å². The highest BCUT2D eigenvalue weighted by molar-refractivity contribution is 7.99. The Hall–Kier alpha value is -1.18. The number of aromatic nitrogens is 1. The molecule has 0 radical (unpaired) electrons. The van der Waals surface area contributed by atoms with Crippen molar-refractivity contribution in [3.8, 4) is 0 Å². The van der Waals surface area contributed by atoms with Crippen molar-refractivity contribution in [2.75, 3.05) is 6.54 Å². The molecule has 1 atom stereocenters. The molecule has 1 N–H and O–H groups in total. The Bertz CT molecular complexity index is 406. The molecule has 102 valence electrons. The van der Waals surface area contributed by atoms with Gasteiger partial charge in [-0.2, -0.15) is 13.2 Å². The van der Waals surface area contributed by atoms with Gasteiger partial charge in [-0.25, -0.2) is 0 Å². The molecule has 1 heterocycles. The van der Waals surface area contributed by atoms with Crippen molar-refractivity contribution in [3.05, 3.63) is 17.5 Å². The van der Waals surface area contributed by atoms with E-state index >= 15 is 0 Å². The second-order valence-electron chi connectivity index (χ2n) is 3.72. The Kier molecular flexibility index (Phi) is 5.06. The minimum atomic E-state index is -4.39. The topological polar surface area (TPSA) is 55.1 Å². The fraction of sp³-hybridized carbons (Fsp3) is 0.600. The number of halogens is 3. The van der Waals surface area contributed by atoms with Crippen molar-refractivity contribution in [2.45, 2.75) is 31.0 Å². The Morgan fingerprint density at radius 1 is 1.61 bits per heavy atom. The Morgan fingerprint density at radius 3 is 2.78 bits per heavy atom. The van der Waals surface area contributed by atoms with Crippen molar-refractivity contribution in [3.63, 3.8) is 0 Å². The number of aryl methyl sites for hydroxylation is 1. The summed E-state index contributed by atoms with van der Waals surface area (Å²) in [5, 5.41) is 4.98. The summed E-state index contributed by atoms with van der Waals surface area (Å²) in [5.41, 5.74) is 0.660. The lowest BCUT2D eigenvalue weighted by molar-refractivity contribution is -0.137. The molecule has 8 heteroatoms. The van der Waals surface area contributed by atoms with Crippen molar-refractivity contribution < 1.29 is 22.5 Å². The summed E-state index contributed by atoms with van der Waals surface area (Å²) in [7, 11) is 0. The van der Waals surface area contributed by atoms with Crippen LogP contribution in [-0.4, -0.2) is 29.0 Å². The smallest absolute Gasteiger partial charge is 0.361 e. The molecule has 1 amide bonds. The highest BCUT2D eigenvalue weighted by Crippen LogP contribution is 2.18. The van der Waals surface area contributed by atoms with Crippen LogP contribution in [0, 0.1) is 6.92 Å². The third kappa shape index (κ3) is 5.44. The van der Waals surface area contributed by atoms with Crippen molar-refractivity contribution in [2.24, 2.45) is 0 Å². The third-order valence-electron chi connectivity index (χ3n) is 1.99. The number of nitrogens with zero attached hydrogens (tertiary/aromatic N) is 1. The zero-order chi connectivity index (χ0) is 13.8. The van der Waals surface area contributed by atoms with Gasteiger partial charge in [0, 0.05) is 11.8 Å². The van der Waals surface area contributed by atoms with Gasteiger partial charge in [-0.3, -0.25) is 4.79 Å². The predicted molar refractivity (Wildman–Crippen MR) is 61.1 cm³/mol. The minimum absolute atomic E-state index is 0.415. The second kappa shape index (κ2) is 6.12. The molecule has 0 aliphatic carbocycles. The number of amides is 1. The van der Waals surface area contributed by atoms with Gasteiger partial charge in [-0.15, -0.1) is 11.8 Å². The molecule has 0 fully saturated rings. The van der Waals surface area contributed by atoms with Crippen molar-refractivity contribution >= 4 is 17.7 Å². The van der Waals surface area contributed by atoms with Gasteiger partial charge in [0.1, 0.15) is 12.3 Å². The van der Waals surface area contributed by atoms with E-state index in [1.54, 1.807) is 19.9 Å². The van der Waals surface area contributed by atoms with Gasteiger partial charge >= 0.3 is 6.18 Å². The number of nitrogens with one attached hydrogen (secondary N) is 1. The van der Waals surface area contributed by atoms with Crippen LogP contribution < -0.4 is 5.32 Å². The van der Waals surface area contributed by atoms with Crippen LogP contribution in [-0.2, 0) is 10.5 Å². The van der Waals surface area contributed by atoms with E-state index in [0.29, 0.717) is 17.2 Å². The maximum Gasteiger partial charge on any atom is 0.405 e. The van der Waals surface area contributed by atoms with Gasteiger partial charge in [0.25, 0.3) is 0 Å². The van der Waals surface area contributed by atoms with Crippen LogP contribution in [0.5, 0.6) is 0 Å². The molecule has 0 saturated carbocycles. The lowest BCUT2D eigenvalue weighted by Crippen LogP contribution is -2.38. The Morgan fingerprint density at radius 2 is 2.28 bits per heavy atom. The van der Waals surface area contributed by atoms with Crippen molar-refractivity contribution in [1.82, 2.24) is 10.5 Å². The lowest BCUT2D eigenvalue weighted by atomic mass is 10.4. The molecule has 4 nitrogen and oxygen atoms in total. The van der Waals surface area contributed by atoms with E-state index in [0.717, 1.165) is 0 Å². The van der Waals surface area contributed by atoms with Gasteiger partial charge < -0.3 is 9.84 Å². The molecule has 18 heavy (non-hydrogen) atoms. The normalized spacial score (nSPS) is 13.4. The van der Waals surface area contributed by atoms with Crippen LogP contribution in [0.4, 0.5) is 13.2 Å².